The molecule has 1 amide bonds. The van der Waals surface area contributed by atoms with Crippen LogP contribution in [0.25, 0.3) is 0 Å². The van der Waals surface area contributed by atoms with E-state index in [1.165, 1.54) is 0 Å². The minimum absolute atomic E-state index is 0.0714. The third kappa shape index (κ3) is 9.60. The summed E-state index contributed by atoms with van der Waals surface area (Å²) in [7, 11) is 0. The van der Waals surface area contributed by atoms with Crippen LogP contribution in [-0.4, -0.2) is 69.5 Å². The van der Waals surface area contributed by atoms with E-state index in [1.807, 2.05) is 0 Å². The number of rotatable bonds is 15. The average molecular weight is 669 g/mol. The highest BCUT2D eigenvalue weighted by molar-refractivity contribution is 5.85. The van der Waals surface area contributed by atoms with Crippen molar-refractivity contribution >= 4 is 11.9 Å². The minimum Gasteiger partial charge on any atom is -0.481 e. The maximum Gasteiger partial charge on any atom is 0.307 e. The number of nitro groups is 2. The van der Waals surface area contributed by atoms with Crippen LogP contribution in [0, 0.1) is 67.6 Å². The fraction of sp³-hybridized carbons (Fsp3) is 0.939. The zero-order valence-corrected chi connectivity index (χ0v) is 28.0. The molecule has 0 radical (unpaired) electrons. The van der Waals surface area contributed by atoms with Crippen LogP contribution in [-0.2, 0) is 19.3 Å². The van der Waals surface area contributed by atoms with Gasteiger partial charge in [-0.25, -0.2) is 4.89 Å². The lowest BCUT2D eigenvalue weighted by atomic mass is 9.69. The molecule has 0 aromatic heterocycles. The molecule has 4 rings (SSSR count). The summed E-state index contributed by atoms with van der Waals surface area (Å²) in [6.45, 7) is 4.57. The van der Waals surface area contributed by atoms with Gasteiger partial charge in [0.25, 0.3) is 0 Å². The van der Waals surface area contributed by atoms with Crippen molar-refractivity contribution in [3.05, 3.63) is 20.2 Å². The quantitative estimate of drug-likeness (QED) is 0.103. The van der Waals surface area contributed by atoms with Crippen molar-refractivity contribution < 1.29 is 39.5 Å². The summed E-state index contributed by atoms with van der Waals surface area (Å²) in [4.78, 5) is 58.3. The number of carbonyl (C=O) groups is 2. The van der Waals surface area contributed by atoms with Crippen molar-refractivity contribution in [1.82, 2.24) is 10.8 Å². The third-order valence-electron chi connectivity index (χ3n) is 12.2. The van der Waals surface area contributed by atoms with E-state index in [0.29, 0.717) is 30.6 Å². The van der Waals surface area contributed by atoms with Gasteiger partial charge in [0.1, 0.15) is 5.92 Å². The SMILES string of the molecule is CCC1CC(CC2CCC(NC(=O)C3C(C(=O)O)CCCC3[N+](=O)[O-])C(CC)C2)CCC1NOCC1C(COO)CCCC1[N+](=O)[O-]. The first-order valence-electron chi connectivity index (χ1n) is 18.0. The Bertz CT molecular complexity index is 1040. The summed E-state index contributed by atoms with van der Waals surface area (Å²) in [5.74, 6) is -2.45. The molecule has 12 unspecified atom stereocenters. The van der Waals surface area contributed by atoms with Gasteiger partial charge in [0.2, 0.25) is 18.0 Å². The molecule has 4 saturated carbocycles. The van der Waals surface area contributed by atoms with Gasteiger partial charge >= 0.3 is 5.97 Å². The smallest absolute Gasteiger partial charge is 0.307 e. The highest BCUT2D eigenvalue weighted by atomic mass is 17.1. The van der Waals surface area contributed by atoms with Gasteiger partial charge < -0.3 is 15.3 Å². The number of carbonyl (C=O) groups excluding carboxylic acids is 1. The van der Waals surface area contributed by atoms with Gasteiger partial charge in [-0.2, -0.15) is 5.48 Å². The molecule has 268 valence electrons. The maximum absolute atomic E-state index is 13.4. The molecule has 0 bridgehead atoms. The van der Waals surface area contributed by atoms with Crippen LogP contribution < -0.4 is 10.8 Å². The molecular weight excluding hydrogens is 612 g/mol. The maximum atomic E-state index is 13.4. The van der Waals surface area contributed by atoms with E-state index in [9.17, 15) is 34.9 Å². The summed E-state index contributed by atoms with van der Waals surface area (Å²) < 4.78 is 0. The zero-order valence-electron chi connectivity index (χ0n) is 28.0. The van der Waals surface area contributed by atoms with E-state index in [-0.39, 0.29) is 60.8 Å². The summed E-state index contributed by atoms with van der Waals surface area (Å²) >= 11 is 0. The standard InChI is InChI=1S/C33H56N4O10/c1-3-22-16-20(11-13-27(22)34-32(38)31-25(33(39)40)8-6-10-30(31)37(43)44)15-21-12-14-28(23(4-2)17-21)35-46-19-26-24(18-47-45)7-5-9-29(26)36(41)42/h20-31,35,45H,3-19H2,1-2H3,(H,34,38)(H,39,40). The van der Waals surface area contributed by atoms with Gasteiger partial charge in [-0.1, -0.05) is 26.7 Å². The van der Waals surface area contributed by atoms with Crippen molar-refractivity contribution in [2.45, 2.75) is 134 Å². The third-order valence-corrected chi connectivity index (χ3v) is 12.2. The number of hydrogen-bond donors (Lipinski definition) is 4. The molecule has 4 aliphatic carbocycles. The van der Waals surface area contributed by atoms with Crippen LogP contribution in [0.2, 0.25) is 0 Å². The van der Waals surface area contributed by atoms with Gasteiger partial charge in [0, 0.05) is 34.8 Å². The number of hydroxylamine groups is 1. The Balaban J connectivity index is 1.26. The van der Waals surface area contributed by atoms with Gasteiger partial charge in [0.05, 0.1) is 25.0 Å². The molecule has 4 aliphatic rings. The molecule has 4 N–H and O–H groups in total. The van der Waals surface area contributed by atoms with Crippen LogP contribution in [0.5, 0.6) is 0 Å². The first-order chi connectivity index (χ1) is 22.6. The fourth-order valence-electron chi connectivity index (χ4n) is 9.59. The minimum atomic E-state index is -1.16. The van der Waals surface area contributed by atoms with E-state index < -0.39 is 40.7 Å². The zero-order chi connectivity index (χ0) is 34.1. The number of carboxylic acids is 1. The van der Waals surface area contributed by atoms with Gasteiger partial charge in [-0.05, 0) is 100 Å². The van der Waals surface area contributed by atoms with E-state index in [4.69, 9.17) is 10.1 Å². The Hall–Kier alpha value is -2.42. The second-order valence-corrected chi connectivity index (χ2v) is 14.8. The lowest BCUT2D eigenvalue weighted by Crippen LogP contribution is -2.53. The van der Waals surface area contributed by atoms with Crippen LogP contribution >= 0.6 is 0 Å². The molecular formula is C33H56N4O10. The second-order valence-electron chi connectivity index (χ2n) is 14.8. The molecule has 0 saturated heterocycles. The second kappa shape index (κ2) is 17.8. The Labute approximate surface area is 277 Å². The molecule has 14 heteroatoms. The van der Waals surface area contributed by atoms with Crippen molar-refractivity contribution in [2.24, 2.45) is 47.3 Å². The first-order valence-corrected chi connectivity index (χ1v) is 18.0. The molecule has 0 aliphatic heterocycles. The summed E-state index contributed by atoms with van der Waals surface area (Å²) in [5, 5.41) is 45.2. The predicted molar refractivity (Wildman–Crippen MR) is 171 cm³/mol. The van der Waals surface area contributed by atoms with Crippen LogP contribution in [0.3, 0.4) is 0 Å². The number of aliphatic carboxylic acids is 1. The number of amides is 1. The molecule has 0 spiro atoms. The topological polar surface area (TPSA) is 203 Å². The van der Waals surface area contributed by atoms with E-state index in [0.717, 1.165) is 70.6 Å². The normalized spacial score (nSPS) is 37.9. The van der Waals surface area contributed by atoms with Crippen molar-refractivity contribution in [3.63, 3.8) is 0 Å². The largest absolute Gasteiger partial charge is 0.481 e. The van der Waals surface area contributed by atoms with Crippen molar-refractivity contribution in [3.8, 4) is 0 Å². The predicted octanol–water partition coefficient (Wildman–Crippen LogP) is 5.10. The summed E-state index contributed by atoms with van der Waals surface area (Å²) in [6.07, 6.45) is 11.8. The molecule has 0 aromatic carbocycles. The van der Waals surface area contributed by atoms with Gasteiger partial charge in [-0.3, -0.25) is 35.1 Å². The Morgan fingerprint density at radius 2 is 1.38 bits per heavy atom. The number of nitrogens with zero attached hydrogens (tertiary/aromatic N) is 2. The number of hydrogen-bond acceptors (Lipinski definition) is 10. The first kappa shape index (κ1) is 37.4. The average Bonchev–Trinajstić information content (AvgIpc) is 3.05. The van der Waals surface area contributed by atoms with Crippen LogP contribution in [0.15, 0.2) is 0 Å². The Morgan fingerprint density at radius 1 is 0.787 bits per heavy atom. The molecule has 0 heterocycles. The molecule has 47 heavy (non-hydrogen) atoms. The van der Waals surface area contributed by atoms with Crippen LogP contribution in [0.4, 0.5) is 0 Å². The highest BCUT2D eigenvalue weighted by Crippen LogP contribution is 2.41. The van der Waals surface area contributed by atoms with Crippen LogP contribution in [0.1, 0.15) is 110 Å². The monoisotopic (exact) mass is 668 g/mol. The lowest BCUT2D eigenvalue weighted by Gasteiger charge is -2.41. The Morgan fingerprint density at radius 3 is 1.98 bits per heavy atom. The molecule has 4 fully saturated rings. The van der Waals surface area contributed by atoms with E-state index >= 15 is 0 Å². The molecule has 14 nitrogen and oxygen atoms in total. The Kier molecular flexibility index (Phi) is 14.2. The summed E-state index contributed by atoms with van der Waals surface area (Å²) in [5.41, 5.74) is 3.26. The summed E-state index contributed by atoms with van der Waals surface area (Å²) in [6, 6.07) is -1.79. The van der Waals surface area contributed by atoms with Gasteiger partial charge in [0.15, 0.2) is 0 Å². The van der Waals surface area contributed by atoms with Crippen molar-refractivity contribution in [1.29, 1.82) is 0 Å². The molecule has 12 atom stereocenters. The highest BCUT2D eigenvalue weighted by Gasteiger charge is 2.49. The fourth-order valence-corrected chi connectivity index (χ4v) is 9.59. The van der Waals surface area contributed by atoms with Crippen molar-refractivity contribution in [2.75, 3.05) is 13.2 Å². The number of nitrogens with one attached hydrogen (secondary N) is 2. The number of carboxylic acid groups (broad SMARTS) is 1. The van der Waals surface area contributed by atoms with E-state index in [1.54, 1.807) is 0 Å². The van der Waals surface area contributed by atoms with E-state index in [2.05, 4.69) is 29.5 Å². The molecule has 0 aromatic rings. The lowest BCUT2D eigenvalue weighted by molar-refractivity contribution is -0.540. The van der Waals surface area contributed by atoms with Gasteiger partial charge in [-0.15, -0.1) is 0 Å².